The maximum atomic E-state index is 12.6. The lowest BCUT2D eigenvalue weighted by atomic mass is 9.98. The van der Waals surface area contributed by atoms with Gasteiger partial charge in [-0.2, -0.15) is 0 Å². The van der Waals surface area contributed by atoms with Crippen LogP contribution < -0.4 is 10.6 Å². The first kappa shape index (κ1) is 21.9. The second-order valence-corrected chi connectivity index (χ2v) is 8.71. The van der Waals surface area contributed by atoms with E-state index in [-0.39, 0.29) is 24.9 Å². The van der Waals surface area contributed by atoms with E-state index in [4.69, 9.17) is 9.84 Å². The van der Waals surface area contributed by atoms with E-state index in [9.17, 15) is 14.4 Å². The summed E-state index contributed by atoms with van der Waals surface area (Å²) < 4.78 is 5.57. The first-order valence-corrected chi connectivity index (χ1v) is 11.1. The van der Waals surface area contributed by atoms with Crippen molar-refractivity contribution in [2.24, 2.45) is 5.92 Å². The Morgan fingerprint density at radius 2 is 1.59 bits per heavy atom. The second-order valence-electron chi connectivity index (χ2n) is 8.71. The summed E-state index contributed by atoms with van der Waals surface area (Å²) in [6.45, 7) is 1.81. The van der Waals surface area contributed by atoms with Crippen LogP contribution >= 0.6 is 0 Å². The second kappa shape index (κ2) is 9.42. The number of hydrogen-bond acceptors (Lipinski definition) is 4. The fourth-order valence-corrected chi connectivity index (χ4v) is 4.36. The van der Waals surface area contributed by atoms with E-state index in [2.05, 4.69) is 34.9 Å². The Balaban J connectivity index is 1.38. The Labute approximate surface area is 187 Å². The summed E-state index contributed by atoms with van der Waals surface area (Å²) in [5, 5.41) is 14.3. The van der Waals surface area contributed by atoms with Crippen LogP contribution in [0.3, 0.4) is 0 Å². The minimum Gasteiger partial charge on any atom is -0.481 e. The lowest BCUT2D eigenvalue weighted by molar-refractivity contribution is -0.137. The van der Waals surface area contributed by atoms with E-state index in [0.717, 1.165) is 35.1 Å². The van der Waals surface area contributed by atoms with Crippen LogP contribution in [-0.4, -0.2) is 41.8 Å². The van der Waals surface area contributed by atoms with Crippen LogP contribution in [0.25, 0.3) is 11.1 Å². The van der Waals surface area contributed by atoms with Crippen molar-refractivity contribution in [2.75, 3.05) is 6.61 Å². The van der Waals surface area contributed by atoms with Crippen molar-refractivity contribution in [1.82, 2.24) is 10.6 Å². The molecule has 2 aliphatic carbocycles. The van der Waals surface area contributed by atoms with Crippen LogP contribution in [0.4, 0.5) is 4.79 Å². The Morgan fingerprint density at radius 1 is 1.00 bits per heavy atom. The molecule has 2 aromatic carbocycles. The molecule has 7 nitrogen and oxygen atoms in total. The van der Waals surface area contributed by atoms with Crippen LogP contribution in [0.15, 0.2) is 48.5 Å². The van der Waals surface area contributed by atoms with Crippen molar-refractivity contribution >= 4 is 18.0 Å². The van der Waals surface area contributed by atoms with Gasteiger partial charge in [0.05, 0.1) is 6.42 Å². The van der Waals surface area contributed by atoms with Crippen molar-refractivity contribution in [3.05, 3.63) is 59.7 Å². The minimum atomic E-state index is -0.985. The van der Waals surface area contributed by atoms with Crippen molar-refractivity contribution in [3.63, 3.8) is 0 Å². The zero-order valence-corrected chi connectivity index (χ0v) is 18.0. The number of carboxylic acids is 1. The molecule has 1 saturated carbocycles. The van der Waals surface area contributed by atoms with Crippen molar-refractivity contribution in [3.8, 4) is 11.1 Å². The summed E-state index contributed by atoms with van der Waals surface area (Å²) in [6.07, 6.45) is 1.77. The highest BCUT2D eigenvalue weighted by Crippen LogP contribution is 2.44. The van der Waals surface area contributed by atoms with E-state index in [1.807, 2.05) is 24.3 Å². The molecule has 2 atom stereocenters. The van der Waals surface area contributed by atoms with Crippen LogP contribution in [0.2, 0.25) is 0 Å². The Hall–Kier alpha value is -3.35. The number of alkyl carbamates (subject to hydrolysis) is 1. The van der Waals surface area contributed by atoms with Gasteiger partial charge in [-0.3, -0.25) is 9.59 Å². The van der Waals surface area contributed by atoms with Gasteiger partial charge in [-0.05, 0) is 41.5 Å². The number of benzene rings is 2. The van der Waals surface area contributed by atoms with Gasteiger partial charge in [-0.15, -0.1) is 0 Å². The molecule has 0 bridgehead atoms. The van der Waals surface area contributed by atoms with Gasteiger partial charge >= 0.3 is 12.1 Å². The summed E-state index contributed by atoms with van der Waals surface area (Å²) in [4.78, 5) is 36.1. The predicted molar refractivity (Wildman–Crippen MR) is 119 cm³/mol. The smallest absolute Gasteiger partial charge is 0.407 e. The molecule has 2 amide bonds. The number of aliphatic carboxylic acids is 1. The maximum absolute atomic E-state index is 12.6. The fourth-order valence-electron chi connectivity index (χ4n) is 4.36. The lowest BCUT2D eigenvalue weighted by Gasteiger charge is -2.21. The number of carbonyl (C=O) groups excluding carboxylic acids is 2. The molecule has 1 unspecified atom stereocenters. The molecule has 1 fully saturated rings. The molecule has 0 spiro atoms. The molecule has 2 aliphatic rings. The predicted octanol–water partition coefficient (Wildman–Crippen LogP) is 3.67. The number of amides is 2. The number of ether oxygens (including phenoxy) is 1. The summed E-state index contributed by atoms with van der Waals surface area (Å²) in [5.74, 6) is -1.02. The first-order chi connectivity index (χ1) is 15.4. The molecule has 0 aliphatic heterocycles. The molecule has 3 N–H and O–H groups in total. The fraction of sp³-hybridized carbons (Fsp3) is 0.400. The van der Waals surface area contributed by atoms with Gasteiger partial charge < -0.3 is 20.5 Å². The quantitative estimate of drug-likeness (QED) is 0.556. The third kappa shape index (κ3) is 5.10. The lowest BCUT2D eigenvalue weighted by Crippen LogP contribution is -2.49. The van der Waals surface area contributed by atoms with Crippen LogP contribution in [0.5, 0.6) is 0 Å². The molecule has 7 heteroatoms. The molecule has 168 valence electrons. The van der Waals surface area contributed by atoms with E-state index < -0.39 is 24.1 Å². The monoisotopic (exact) mass is 436 g/mol. The highest BCUT2D eigenvalue weighted by atomic mass is 16.5. The van der Waals surface area contributed by atoms with Gasteiger partial charge in [0.15, 0.2) is 0 Å². The van der Waals surface area contributed by atoms with E-state index in [1.165, 1.54) is 0 Å². The molecule has 0 saturated heterocycles. The summed E-state index contributed by atoms with van der Waals surface area (Å²) >= 11 is 0. The third-order valence-electron chi connectivity index (χ3n) is 6.09. The van der Waals surface area contributed by atoms with E-state index in [0.29, 0.717) is 12.3 Å². The average Bonchev–Trinajstić information content (AvgIpc) is 3.52. The van der Waals surface area contributed by atoms with E-state index >= 15 is 0 Å². The van der Waals surface area contributed by atoms with Crippen LogP contribution in [0, 0.1) is 5.92 Å². The topological polar surface area (TPSA) is 105 Å². The molecule has 0 radical (unpaired) electrons. The molecular formula is C25H28N2O5. The average molecular weight is 437 g/mol. The number of hydrogen-bond donors (Lipinski definition) is 3. The summed E-state index contributed by atoms with van der Waals surface area (Å²) in [5.41, 5.74) is 4.54. The van der Waals surface area contributed by atoms with Crippen molar-refractivity contribution < 1.29 is 24.2 Å². The number of carboxylic acid groups (broad SMARTS) is 1. The third-order valence-corrected chi connectivity index (χ3v) is 6.09. The largest absolute Gasteiger partial charge is 0.481 e. The van der Waals surface area contributed by atoms with Crippen LogP contribution in [0.1, 0.15) is 49.7 Å². The molecule has 0 heterocycles. The highest BCUT2D eigenvalue weighted by Gasteiger charge is 2.33. The van der Waals surface area contributed by atoms with E-state index in [1.54, 1.807) is 6.92 Å². The van der Waals surface area contributed by atoms with Gasteiger partial charge in [-0.1, -0.05) is 61.4 Å². The Morgan fingerprint density at radius 3 is 2.16 bits per heavy atom. The van der Waals surface area contributed by atoms with Crippen molar-refractivity contribution in [2.45, 2.75) is 50.6 Å². The Kier molecular flexibility index (Phi) is 6.44. The highest BCUT2D eigenvalue weighted by molar-refractivity contribution is 5.86. The van der Waals surface area contributed by atoms with Gasteiger partial charge in [0.2, 0.25) is 5.91 Å². The number of carbonyl (C=O) groups is 3. The van der Waals surface area contributed by atoms with Crippen molar-refractivity contribution in [1.29, 1.82) is 0 Å². The zero-order chi connectivity index (χ0) is 22.7. The summed E-state index contributed by atoms with van der Waals surface area (Å²) in [7, 11) is 0. The minimum absolute atomic E-state index is 0.0561. The number of rotatable bonds is 9. The maximum Gasteiger partial charge on any atom is 0.407 e. The SMILES string of the molecule is C[C@@H](CC(=O)O)NC(=O)C(CC1CC1)NC(=O)OCC1c2ccccc2-c2ccccc21. The molecule has 0 aromatic heterocycles. The number of fused-ring (bicyclic) bond motifs is 3. The molecule has 4 rings (SSSR count). The number of nitrogens with one attached hydrogen (secondary N) is 2. The Bertz CT molecular complexity index is 971. The standard InChI is InChI=1S/C25H28N2O5/c1-15(12-23(28)29)26-24(30)22(13-16-10-11-16)27-25(31)32-14-21-19-8-4-2-6-17(19)18-7-3-5-9-20(18)21/h2-9,15-16,21-22H,10-14H2,1H3,(H,26,30)(H,27,31)(H,28,29)/t15-,22?/m0/s1. The zero-order valence-electron chi connectivity index (χ0n) is 18.0. The van der Waals surface area contributed by atoms with Crippen LogP contribution in [-0.2, 0) is 14.3 Å². The van der Waals surface area contributed by atoms with Gasteiger partial charge in [0.25, 0.3) is 0 Å². The summed E-state index contributed by atoms with van der Waals surface area (Å²) in [6, 6.07) is 14.9. The van der Waals surface area contributed by atoms with Gasteiger partial charge in [0.1, 0.15) is 12.6 Å². The molecule has 2 aromatic rings. The molecular weight excluding hydrogens is 408 g/mol. The molecule has 32 heavy (non-hydrogen) atoms. The van der Waals surface area contributed by atoms with Gasteiger partial charge in [0, 0.05) is 12.0 Å². The van der Waals surface area contributed by atoms with Gasteiger partial charge in [-0.25, -0.2) is 4.79 Å². The first-order valence-electron chi connectivity index (χ1n) is 11.1. The normalized spacial score (nSPS) is 16.4.